The number of methoxy groups -OCH3 is 1. The number of aromatic nitrogens is 2. The maximum Gasteiger partial charge on any atom is 0.272 e. The van der Waals surface area contributed by atoms with E-state index in [9.17, 15) is 4.79 Å². The third-order valence-electron chi connectivity index (χ3n) is 1.94. The third kappa shape index (κ3) is 2.39. The Labute approximate surface area is 77.2 Å². The molecule has 0 N–H and O–H groups in total. The SMILES string of the molecule is COC(C)Cn1ccnc(C)c1=O. The van der Waals surface area contributed by atoms with Crippen molar-refractivity contribution in [2.45, 2.75) is 26.5 Å². The Morgan fingerprint density at radius 2 is 2.38 bits per heavy atom. The molecule has 13 heavy (non-hydrogen) atoms. The monoisotopic (exact) mass is 182 g/mol. The molecule has 0 saturated heterocycles. The van der Waals surface area contributed by atoms with Gasteiger partial charge in [0, 0.05) is 19.5 Å². The fourth-order valence-corrected chi connectivity index (χ4v) is 1.05. The molecule has 0 aromatic carbocycles. The van der Waals surface area contributed by atoms with Gasteiger partial charge in [0.1, 0.15) is 5.69 Å². The van der Waals surface area contributed by atoms with Crippen LogP contribution < -0.4 is 5.56 Å². The molecule has 0 spiro atoms. The van der Waals surface area contributed by atoms with Crippen LogP contribution in [-0.2, 0) is 11.3 Å². The lowest BCUT2D eigenvalue weighted by molar-refractivity contribution is 0.102. The first-order valence-corrected chi connectivity index (χ1v) is 4.20. The minimum Gasteiger partial charge on any atom is -0.380 e. The summed E-state index contributed by atoms with van der Waals surface area (Å²) in [5, 5.41) is 0. The van der Waals surface area contributed by atoms with E-state index in [0.29, 0.717) is 12.2 Å². The molecule has 0 aliphatic heterocycles. The van der Waals surface area contributed by atoms with Gasteiger partial charge >= 0.3 is 0 Å². The quantitative estimate of drug-likeness (QED) is 0.687. The molecular formula is C9H14N2O2. The van der Waals surface area contributed by atoms with Crippen molar-refractivity contribution in [2.75, 3.05) is 7.11 Å². The van der Waals surface area contributed by atoms with Gasteiger partial charge in [0.25, 0.3) is 5.56 Å². The first-order valence-electron chi connectivity index (χ1n) is 4.20. The topological polar surface area (TPSA) is 44.1 Å². The fourth-order valence-electron chi connectivity index (χ4n) is 1.05. The molecule has 4 nitrogen and oxygen atoms in total. The summed E-state index contributed by atoms with van der Waals surface area (Å²) in [5.74, 6) is 0. The zero-order valence-corrected chi connectivity index (χ0v) is 8.15. The molecule has 1 heterocycles. The third-order valence-corrected chi connectivity index (χ3v) is 1.94. The highest BCUT2D eigenvalue weighted by atomic mass is 16.5. The Bertz CT molecular complexity index is 333. The highest BCUT2D eigenvalue weighted by Crippen LogP contribution is 1.92. The van der Waals surface area contributed by atoms with Crippen molar-refractivity contribution in [1.29, 1.82) is 0 Å². The van der Waals surface area contributed by atoms with Crippen LogP contribution in [0.1, 0.15) is 12.6 Å². The highest BCUT2D eigenvalue weighted by molar-refractivity contribution is 4.94. The second-order valence-electron chi connectivity index (χ2n) is 3.02. The maximum absolute atomic E-state index is 11.5. The van der Waals surface area contributed by atoms with E-state index in [4.69, 9.17) is 4.74 Å². The summed E-state index contributed by atoms with van der Waals surface area (Å²) in [6.07, 6.45) is 3.34. The molecule has 1 aromatic heterocycles. The Balaban J connectivity index is 2.89. The van der Waals surface area contributed by atoms with Crippen LogP contribution in [0.25, 0.3) is 0 Å². The molecule has 0 fully saturated rings. The fraction of sp³-hybridized carbons (Fsp3) is 0.556. The van der Waals surface area contributed by atoms with Crippen LogP contribution in [0.2, 0.25) is 0 Å². The van der Waals surface area contributed by atoms with Crippen LogP contribution in [0.3, 0.4) is 0 Å². The van der Waals surface area contributed by atoms with E-state index >= 15 is 0 Å². The van der Waals surface area contributed by atoms with Gasteiger partial charge in [0.15, 0.2) is 0 Å². The summed E-state index contributed by atoms with van der Waals surface area (Å²) < 4.78 is 6.68. The summed E-state index contributed by atoms with van der Waals surface area (Å²) in [7, 11) is 1.63. The number of hydrogen-bond donors (Lipinski definition) is 0. The minimum atomic E-state index is -0.0496. The van der Waals surface area contributed by atoms with Crippen LogP contribution in [0, 0.1) is 6.92 Å². The van der Waals surface area contributed by atoms with Gasteiger partial charge in [-0.3, -0.25) is 9.78 Å². The summed E-state index contributed by atoms with van der Waals surface area (Å²) in [4.78, 5) is 15.4. The van der Waals surface area contributed by atoms with Gasteiger partial charge in [-0.25, -0.2) is 0 Å². The van der Waals surface area contributed by atoms with Crippen molar-refractivity contribution in [2.24, 2.45) is 0 Å². The van der Waals surface area contributed by atoms with Crippen molar-refractivity contribution in [3.05, 3.63) is 28.4 Å². The van der Waals surface area contributed by atoms with Crippen LogP contribution in [0.4, 0.5) is 0 Å². The van der Waals surface area contributed by atoms with E-state index < -0.39 is 0 Å². The van der Waals surface area contributed by atoms with E-state index in [-0.39, 0.29) is 11.7 Å². The van der Waals surface area contributed by atoms with Crippen molar-refractivity contribution >= 4 is 0 Å². The van der Waals surface area contributed by atoms with Crippen molar-refractivity contribution in [1.82, 2.24) is 9.55 Å². The van der Waals surface area contributed by atoms with E-state index in [1.54, 1.807) is 31.0 Å². The molecule has 0 radical (unpaired) electrons. The van der Waals surface area contributed by atoms with Gasteiger partial charge in [-0.15, -0.1) is 0 Å². The lowest BCUT2D eigenvalue weighted by atomic mass is 10.4. The predicted octanol–water partition coefficient (Wildman–Crippen LogP) is 0.587. The Kier molecular flexibility index (Phi) is 3.19. The van der Waals surface area contributed by atoms with Crippen molar-refractivity contribution in [3.8, 4) is 0 Å². The van der Waals surface area contributed by atoms with Crippen LogP contribution in [-0.4, -0.2) is 22.8 Å². The standard InChI is InChI=1S/C9H14N2O2/c1-7(13-3)6-11-5-4-10-8(2)9(11)12/h4-5,7H,6H2,1-3H3. The lowest BCUT2D eigenvalue weighted by Gasteiger charge is -2.11. The minimum absolute atomic E-state index is 0.0412. The summed E-state index contributed by atoms with van der Waals surface area (Å²) in [5.41, 5.74) is 0.470. The van der Waals surface area contributed by atoms with Gasteiger partial charge in [-0.1, -0.05) is 0 Å². The summed E-state index contributed by atoms with van der Waals surface area (Å²) >= 11 is 0. The van der Waals surface area contributed by atoms with Crippen molar-refractivity contribution < 1.29 is 4.74 Å². The first kappa shape index (κ1) is 9.92. The Morgan fingerprint density at radius 1 is 1.69 bits per heavy atom. The molecule has 4 heteroatoms. The van der Waals surface area contributed by atoms with Crippen LogP contribution in [0.5, 0.6) is 0 Å². The maximum atomic E-state index is 11.5. The Morgan fingerprint density at radius 3 is 3.00 bits per heavy atom. The van der Waals surface area contributed by atoms with Crippen LogP contribution in [0.15, 0.2) is 17.2 Å². The number of aryl methyl sites for hydroxylation is 1. The number of nitrogens with zero attached hydrogens (tertiary/aromatic N) is 2. The predicted molar refractivity (Wildman–Crippen MR) is 49.7 cm³/mol. The Hall–Kier alpha value is -1.16. The zero-order chi connectivity index (χ0) is 9.84. The molecule has 0 saturated carbocycles. The molecule has 1 atom stereocenters. The smallest absolute Gasteiger partial charge is 0.272 e. The number of rotatable bonds is 3. The van der Waals surface area contributed by atoms with E-state index in [2.05, 4.69) is 4.98 Å². The van der Waals surface area contributed by atoms with Gasteiger partial charge in [0.2, 0.25) is 0 Å². The second-order valence-corrected chi connectivity index (χ2v) is 3.02. The molecule has 0 bridgehead atoms. The van der Waals surface area contributed by atoms with E-state index in [0.717, 1.165) is 0 Å². The van der Waals surface area contributed by atoms with Crippen LogP contribution >= 0.6 is 0 Å². The average Bonchev–Trinajstić information content (AvgIpc) is 2.13. The second kappa shape index (κ2) is 4.18. The zero-order valence-electron chi connectivity index (χ0n) is 8.15. The van der Waals surface area contributed by atoms with E-state index in [1.807, 2.05) is 6.92 Å². The molecular weight excluding hydrogens is 168 g/mol. The van der Waals surface area contributed by atoms with Gasteiger partial charge in [0.05, 0.1) is 12.6 Å². The molecule has 1 aromatic rings. The summed E-state index contributed by atoms with van der Waals surface area (Å²) in [6, 6.07) is 0. The first-order chi connectivity index (χ1) is 6.15. The number of hydrogen-bond acceptors (Lipinski definition) is 3. The molecule has 0 aliphatic rings. The van der Waals surface area contributed by atoms with E-state index in [1.165, 1.54) is 0 Å². The van der Waals surface area contributed by atoms with Gasteiger partial charge < -0.3 is 9.30 Å². The summed E-state index contributed by atoms with van der Waals surface area (Å²) in [6.45, 7) is 4.19. The normalized spacial score (nSPS) is 12.8. The lowest BCUT2D eigenvalue weighted by Crippen LogP contribution is -2.27. The van der Waals surface area contributed by atoms with Gasteiger partial charge in [-0.05, 0) is 13.8 Å². The highest BCUT2D eigenvalue weighted by Gasteiger charge is 2.03. The molecule has 0 amide bonds. The molecule has 0 aliphatic carbocycles. The number of ether oxygens (including phenoxy) is 1. The van der Waals surface area contributed by atoms with Crippen molar-refractivity contribution in [3.63, 3.8) is 0 Å². The van der Waals surface area contributed by atoms with Gasteiger partial charge in [-0.2, -0.15) is 0 Å². The molecule has 1 rings (SSSR count). The largest absolute Gasteiger partial charge is 0.380 e. The molecule has 1 unspecified atom stereocenters. The molecule has 72 valence electrons. The average molecular weight is 182 g/mol.